The summed E-state index contributed by atoms with van der Waals surface area (Å²) in [6.45, 7) is 1.35. The highest BCUT2D eigenvalue weighted by atomic mass is 32.2. The number of benzene rings is 2. The van der Waals surface area contributed by atoms with Crippen LogP contribution in [0.3, 0.4) is 0 Å². The molecule has 0 unspecified atom stereocenters. The lowest BCUT2D eigenvalue weighted by molar-refractivity contribution is -0.133. The number of likely N-dealkylation sites (tertiary alicyclic amines) is 1. The van der Waals surface area contributed by atoms with Crippen molar-refractivity contribution in [3.8, 4) is 0 Å². The molecule has 0 saturated carbocycles. The van der Waals surface area contributed by atoms with Crippen LogP contribution < -0.4 is 10.0 Å². The summed E-state index contributed by atoms with van der Waals surface area (Å²) in [4.78, 5) is 28.5. The Morgan fingerprint density at radius 3 is 2.70 bits per heavy atom. The van der Waals surface area contributed by atoms with Gasteiger partial charge in [-0.15, -0.1) is 23.5 Å². The fourth-order valence-electron chi connectivity index (χ4n) is 3.42. The van der Waals surface area contributed by atoms with Crippen LogP contribution in [-0.2, 0) is 19.6 Å². The van der Waals surface area contributed by atoms with E-state index in [1.165, 1.54) is 35.7 Å². The minimum absolute atomic E-state index is 0.0426. The van der Waals surface area contributed by atoms with E-state index < -0.39 is 21.2 Å². The van der Waals surface area contributed by atoms with Crippen LogP contribution in [0.15, 0.2) is 57.2 Å². The number of carbonyl (C=O) groups excluding carboxylic acids is 2. The van der Waals surface area contributed by atoms with Gasteiger partial charge in [-0.05, 0) is 55.5 Å². The van der Waals surface area contributed by atoms with Crippen molar-refractivity contribution >= 4 is 56.7 Å². The molecule has 2 aromatic rings. The third-order valence-electron chi connectivity index (χ3n) is 4.97. The number of nitrogens with one attached hydrogen (secondary N) is 2. The Morgan fingerprint density at radius 2 is 1.97 bits per heavy atom. The van der Waals surface area contributed by atoms with Crippen molar-refractivity contribution in [2.45, 2.75) is 32.8 Å². The number of carbonyl (C=O) groups is 2. The van der Waals surface area contributed by atoms with Crippen LogP contribution in [0.4, 0.5) is 11.4 Å². The van der Waals surface area contributed by atoms with Crippen LogP contribution in [0.5, 0.6) is 0 Å². The van der Waals surface area contributed by atoms with E-state index in [1.807, 2.05) is 12.3 Å². The highest BCUT2D eigenvalue weighted by Gasteiger charge is 2.37. The molecule has 0 bridgehead atoms. The molecule has 2 aromatic carbocycles. The van der Waals surface area contributed by atoms with Gasteiger partial charge in [0, 0.05) is 28.6 Å². The smallest absolute Gasteiger partial charge is 0.261 e. The number of rotatable bonds is 5. The lowest BCUT2D eigenvalue weighted by Gasteiger charge is -2.27. The van der Waals surface area contributed by atoms with Gasteiger partial charge in [0.05, 0.1) is 10.6 Å². The second-order valence-corrected chi connectivity index (χ2v) is 10.7. The normalized spacial score (nSPS) is 18.6. The molecule has 0 aliphatic carbocycles. The summed E-state index contributed by atoms with van der Waals surface area (Å²) in [5, 5.41) is 1.86. The lowest BCUT2D eigenvalue weighted by Crippen LogP contribution is -2.43. The number of anilines is 2. The van der Waals surface area contributed by atoms with E-state index in [2.05, 4.69) is 10.0 Å². The third kappa shape index (κ3) is 4.30. The topological polar surface area (TPSA) is 95.6 Å². The SMILES string of the molecule is CSc1cccc(NS(=O)(=O)c2ccc3c(c2)NC(=O)[C@@H](C(=O)N2CCCC2)S3)c1. The van der Waals surface area contributed by atoms with Crippen LogP contribution in [0.25, 0.3) is 0 Å². The number of fused-ring (bicyclic) bond motifs is 1. The van der Waals surface area contributed by atoms with Crippen molar-refractivity contribution in [1.82, 2.24) is 4.90 Å². The summed E-state index contributed by atoms with van der Waals surface area (Å²) in [7, 11) is -3.83. The molecule has 1 atom stereocenters. The lowest BCUT2D eigenvalue weighted by atomic mass is 10.2. The summed E-state index contributed by atoms with van der Waals surface area (Å²) in [5.41, 5.74) is 0.866. The Balaban J connectivity index is 1.55. The Morgan fingerprint density at radius 1 is 1.20 bits per heavy atom. The van der Waals surface area contributed by atoms with Crippen LogP contribution in [-0.4, -0.2) is 49.7 Å². The maximum absolute atomic E-state index is 12.8. The van der Waals surface area contributed by atoms with E-state index in [0.717, 1.165) is 17.7 Å². The summed E-state index contributed by atoms with van der Waals surface area (Å²) in [6, 6.07) is 11.7. The summed E-state index contributed by atoms with van der Waals surface area (Å²) in [5.74, 6) is -0.604. The quantitative estimate of drug-likeness (QED) is 0.522. The molecule has 0 radical (unpaired) electrons. The molecule has 2 aliphatic rings. The molecule has 0 aromatic heterocycles. The highest BCUT2D eigenvalue weighted by Crippen LogP contribution is 2.38. The van der Waals surface area contributed by atoms with E-state index in [-0.39, 0.29) is 10.8 Å². The van der Waals surface area contributed by atoms with Crippen molar-refractivity contribution in [1.29, 1.82) is 0 Å². The molecule has 2 N–H and O–H groups in total. The third-order valence-corrected chi connectivity index (χ3v) is 8.33. The van der Waals surface area contributed by atoms with Crippen molar-refractivity contribution in [2.75, 3.05) is 29.4 Å². The first-order valence-corrected chi connectivity index (χ1v) is 13.0. The van der Waals surface area contributed by atoms with Crippen LogP contribution in [0.2, 0.25) is 0 Å². The van der Waals surface area contributed by atoms with Crippen molar-refractivity contribution in [3.05, 3.63) is 42.5 Å². The standard InChI is InChI=1S/C20H21N3O4S3/c1-28-14-6-4-5-13(11-14)22-30(26,27)15-7-8-17-16(12-15)21-19(24)18(29-17)20(25)23-9-2-3-10-23/h4-8,11-12,18,22H,2-3,9-10H2,1H3,(H,21,24)/t18-/m0/s1. The first-order valence-electron chi connectivity index (χ1n) is 9.44. The number of nitrogens with zero attached hydrogens (tertiary/aromatic N) is 1. The first kappa shape index (κ1) is 21.1. The van der Waals surface area contributed by atoms with E-state index in [0.29, 0.717) is 29.4 Å². The van der Waals surface area contributed by atoms with Gasteiger partial charge in [0.2, 0.25) is 11.8 Å². The van der Waals surface area contributed by atoms with Gasteiger partial charge in [0.25, 0.3) is 10.0 Å². The molecule has 1 fully saturated rings. The van der Waals surface area contributed by atoms with Gasteiger partial charge in [-0.25, -0.2) is 8.42 Å². The molecular weight excluding hydrogens is 442 g/mol. The predicted molar refractivity (Wildman–Crippen MR) is 120 cm³/mol. The number of hydrogen-bond acceptors (Lipinski definition) is 6. The van der Waals surface area contributed by atoms with Gasteiger partial charge >= 0.3 is 0 Å². The average Bonchev–Trinajstić information content (AvgIpc) is 3.27. The summed E-state index contributed by atoms with van der Waals surface area (Å²) < 4.78 is 28.2. The number of sulfonamides is 1. The monoisotopic (exact) mass is 463 g/mol. The summed E-state index contributed by atoms with van der Waals surface area (Å²) >= 11 is 2.69. The van der Waals surface area contributed by atoms with Gasteiger partial charge in [-0.3, -0.25) is 14.3 Å². The minimum atomic E-state index is -3.83. The van der Waals surface area contributed by atoms with Crippen LogP contribution in [0, 0.1) is 0 Å². The maximum atomic E-state index is 12.8. The molecule has 158 valence electrons. The molecule has 2 amide bonds. The second kappa shape index (κ2) is 8.52. The number of hydrogen-bond donors (Lipinski definition) is 2. The van der Waals surface area contributed by atoms with Crippen LogP contribution in [0.1, 0.15) is 12.8 Å². The summed E-state index contributed by atoms with van der Waals surface area (Å²) in [6.07, 6.45) is 3.82. The molecular formula is C20H21N3O4S3. The molecule has 4 rings (SSSR count). The van der Waals surface area contributed by atoms with Crippen molar-refractivity contribution < 1.29 is 18.0 Å². The zero-order chi connectivity index (χ0) is 21.3. The molecule has 2 heterocycles. The van der Waals surface area contributed by atoms with Crippen molar-refractivity contribution in [3.63, 3.8) is 0 Å². The first-order chi connectivity index (χ1) is 14.4. The molecule has 2 aliphatic heterocycles. The van der Waals surface area contributed by atoms with Crippen molar-refractivity contribution in [2.24, 2.45) is 0 Å². The molecule has 30 heavy (non-hydrogen) atoms. The Kier molecular flexibility index (Phi) is 5.99. The molecule has 10 heteroatoms. The fourth-order valence-corrected chi connectivity index (χ4v) is 6.01. The zero-order valence-corrected chi connectivity index (χ0v) is 18.7. The minimum Gasteiger partial charge on any atom is -0.341 e. The van der Waals surface area contributed by atoms with E-state index >= 15 is 0 Å². The zero-order valence-electron chi connectivity index (χ0n) is 16.3. The maximum Gasteiger partial charge on any atom is 0.261 e. The molecule has 0 spiro atoms. The van der Waals surface area contributed by atoms with Crippen LogP contribution >= 0.6 is 23.5 Å². The van der Waals surface area contributed by atoms with Gasteiger partial charge < -0.3 is 10.2 Å². The van der Waals surface area contributed by atoms with E-state index in [4.69, 9.17) is 0 Å². The Bertz CT molecular complexity index is 1100. The second-order valence-electron chi connectivity index (χ2n) is 7.01. The number of thioether (sulfide) groups is 2. The molecule has 1 saturated heterocycles. The van der Waals surface area contributed by atoms with Gasteiger partial charge in [-0.2, -0.15) is 0 Å². The predicted octanol–water partition coefficient (Wildman–Crippen LogP) is 3.24. The number of amides is 2. The largest absolute Gasteiger partial charge is 0.341 e. The highest BCUT2D eigenvalue weighted by molar-refractivity contribution is 8.01. The van der Waals surface area contributed by atoms with Gasteiger partial charge in [0.1, 0.15) is 0 Å². The Hall–Kier alpha value is -2.17. The Labute approximate surface area is 184 Å². The van der Waals surface area contributed by atoms with E-state index in [9.17, 15) is 18.0 Å². The van der Waals surface area contributed by atoms with E-state index in [1.54, 1.807) is 29.2 Å². The molecule has 7 nitrogen and oxygen atoms in total. The fraction of sp³-hybridized carbons (Fsp3) is 0.300. The average molecular weight is 464 g/mol. The van der Waals surface area contributed by atoms with Gasteiger partial charge in [0.15, 0.2) is 5.25 Å². The van der Waals surface area contributed by atoms with Gasteiger partial charge in [-0.1, -0.05) is 6.07 Å².